The van der Waals surface area contributed by atoms with Crippen LogP contribution in [0.5, 0.6) is 5.75 Å². The third kappa shape index (κ3) is 2.93. The number of nitro benzene ring substituents is 1. The molecule has 6 heteroatoms. The first-order valence-electron chi connectivity index (χ1n) is 5.19. The van der Waals surface area contributed by atoms with Gasteiger partial charge in [-0.1, -0.05) is 6.07 Å². The molecule has 0 spiro atoms. The zero-order valence-electron chi connectivity index (χ0n) is 9.63. The lowest BCUT2D eigenvalue weighted by atomic mass is 10.1. The summed E-state index contributed by atoms with van der Waals surface area (Å²) in [5, 5.41) is 10.8. The quantitative estimate of drug-likeness (QED) is 0.447. The number of nitro groups is 1. The molecule has 0 N–H and O–H groups in total. The normalized spacial score (nSPS) is 9.76. The molecule has 1 rings (SSSR count). The fourth-order valence-corrected chi connectivity index (χ4v) is 1.33. The first kappa shape index (κ1) is 13.0. The molecule has 1 aromatic carbocycles. The molecule has 17 heavy (non-hydrogen) atoms. The van der Waals surface area contributed by atoms with E-state index < -0.39 is 10.9 Å². The topological polar surface area (TPSA) is 78.7 Å². The van der Waals surface area contributed by atoms with Gasteiger partial charge in [-0.2, -0.15) is 0 Å². The number of benzene rings is 1. The van der Waals surface area contributed by atoms with Gasteiger partial charge in [0.05, 0.1) is 18.1 Å². The van der Waals surface area contributed by atoms with Gasteiger partial charge in [0.1, 0.15) is 5.56 Å². The Kier molecular flexibility index (Phi) is 4.45. The Morgan fingerprint density at radius 3 is 2.59 bits per heavy atom. The lowest BCUT2D eigenvalue weighted by Crippen LogP contribution is -2.09. The maximum absolute atomic E-state index is 11.6. The molecule has 92 valence electrons. The summed E-state index contributed by atoms with van der Waals surface area (Å²) in [7, 11) is 0. The summed E-state index contributed by atoms with van der Waals surface area (Å²) in [4.78, 5) is 21.8. The van der Waals surface area contributed by atoms with Gasteiger partial charge in [-0.15, -0.1) is 0 Å². The minimum atomic E-state index is -0.625. The van der Waals surface area contributed by atoms with E-state index in [4.69, 9.17) is 9.47 Å². The van der Waals surface area contributed by atoms with E-state index >= 15 is 0 Å². The highest BCUT2D eigenvalue weighted by Crippen LogP contribution is 2.31. The fraction of sp³-hybridized carbons (Fsp3) is 0.364. The van der Waals surface area contributed by atoms with Crippen molar-refractivity contribution in [3.05, 3.63) is 33.9 Å². The molecule has 0 atom stereocenters. The summed E-state index contributed by atoms with van der Waals surface area (Å²) in [6.45, 7) is 3.78. The maximum Gasteiger partial charge on any atom is 0.342 e. The third-order valence-corrected chi connectivity index (χ3v) is 1.97. The first-order valence-corrected chi connectivity index (χ1v) is 5.19. The van der Waals surface area contributed by atoms with Gasteiger partial charge in [0.15, 0.2) is 0 Å². The molecule has 0 saturated carbocycles. The Bertz CT molecular complexity index is 430. The van der Waals surface area contributed by atoms with Gasteiger partial charge < -0.3 is 9.47 Å². The largest absolute Gasteiger partial charge is 0.487 e. The van der Waals surface area contributed by atoms with E-state index in [0.29, 0.717) is 0 Å². The summed E-state index contributed by atoms with van der Waals surface area (Å²) in [5.41, 5.74) is -0.166. The number of hydrogen-bond donors (Lipinski definition) is 0. The van der Waals surface area contributed by atoms with Crippen LogP contribution in [0.2, 0.25) is 0 Å². The molecule has 0 aromatic heterocycles. The van der Waals surface area contributed by atoms with Gasteiger partial charge in [-0.25, -0.2) is 4.79 Å². The van der Waals surface area contributed by atoms with E-state index in [1.165, 1.54) is 18.2 Å². The van der Waals surface area contributed by atoms with E-state index in [9.17, 15) is 14.9 Å². The van der Waals surface area contributed by atoms with Gasteiger partial charge in [-0.3, -0.25) is 10.1 Å². The molecule has 0 heterocycles. The van der Waals surface area contributed by atoms with Crippen molar-refractivity contribution in [3.63, 3.8) is 0 Å². The van der Waals surface area contributed by atoms with Crippen molar-refractivity contribution in [2.45, 2.75) is 13.8 Å². The number of carbonyl (C=O) groups is 1. The predicted molar refractivity (Wildman–Crippen MR) is 60.2 cm³/mol. The number of ether oxygens (including phenoxy) is 2. The van der Waals surface area contributed by atoms with Crippen LogP contribution in [0.25, 0.3) is 0 Å². The molecule has 0 fully saturated rings. The highest BCUT2D eigenvalue weighted by atomic mass is 16.6. The molecule has 0 aliphatic carbocycles. The molecular formula is C11H13NO5. The summed E-state index contributed by atoms with van der Waals surface area (Å²) in [5.74, 6) is -0.668. The zero-order valence-corrected chi connectivity index (χ0v) is 9.63. The van der Waals surface area contributed by atoms with E-state index in [2.05, 4.69) is 0 Å². The van der Waals surface area contributed by atoms with Crippen LogP contribution in [-0.4, -0.2) is 24.1 Å². The van der Waals surface area contributed by atoms with Crippen LogP contribution in [0.1, 0.15) is 24.2 Å². The van der Waals surface area contributed by atoms with Crippen molar-refractivity contribution in [2.24, 2.45) is 0 Å². The van der Waals surface area contributed by atoms with E-state index in [1.807, 2.05) is 0 Å². The van der Waals surface area contributed by atoms with E-state index in [1.54, 1.807) is 13.8 Å². The van der Waals surface area contributed by atoms with Crippen LogP contribution in [0, 0.1) is 10.1 Å². The molecule has 0 amide bonds. The maximum atomic E-state index is 11.6. The number of carbonyl (C=O) groups excluding carboxylic acids is 1. The number of para-hydroxylation sites is 1. The van der Waals surface area contributed by atoms with Crippen molar-refractivity contribution in [1.82, 2.24) is 0 Å². The van der Waals surface area contributed by atoms with E-state index in [-0.39, 0.29) is 30.2 Å². The van der Waals surface area contributed by atoms with Crippen LogP contribution in [0.4, 0.5) is 5.69 Å². The average molecular weight is 239 g/mol. The summed E-state index contributed by atoms with van der Waals surface area (Å²) >= 11 is 0. The third-order valence-electron chi connectivity index (χ3n) is 1.97. The molecule has 0 radical (unpaired) electrons. The predicted octanol–water partition coefficient (Wildman–Crippen LogP) is 2.17. The number of hydrogen-bond acceptors (Lipinski definition) is 5. The van der Waals surface area contributed by atoms with Gasteiger partial charge in [0, 0.05) is 6.07 Å². The van der Waals surface area contributed by atoms with Crippen molar-refractivity contribution >= 4 is 11.7 Å². The Morgan fingerprint density at radius 2 is 2.06 bits per heavy atom. The van der Waals surface area contributed by atoms with Crippen LogP contribution in [-0.2, 0) is 4.74 Å². The van der Waals surface area contributed by atoms with Crippen LogP contribution in [0.15, 0.2) is 18.2 Å². The van der Waals surface area contributed by atoms with Crippen LogP contribution in [0.3, 0.4) is 0 Å². The molecule has 0 aliphatic heterocycles. The molecular weight excluding hydrogens is 226 g/mol. The van der Waals surface area contributed by atoms with Crippen molar-refractivity contribution < 1.29 is 19.2 Å². The average Bonchev–Trinajstić information content (AvgIpc) is 2.29. The lowest BCUT2D eigenvalue weighted by Gasteiger charge is -2.09. The summed E-state index contributed by atoms with van der Waals surface area (Å²) in [6.07, 6.45) is 0. The zero-order chi connectivity index (χ0) is 12.8. The first-order chi connectivity index (χ1) is 8.11. The highest BCUT2D eigenvalue weighted by molar-refractivity contribution is 5.94. The minimum absolute atomic E-state index is 0.0431. The van der Waals surface area contributed by atoms with Gasteiger partial charge >= 0.3 is 11.7 Å². The molecule has 0 bridgehead atoms. The van der Waals surface area contributed by atoms with Crippen molar-refractivity contribution in [3.8, 4) is 5.75 Å². The van der Waals surface area contributed by atoms with E-state index in [0.717, 1.165) is 0 Å². The second kappa shape index (κ2) is 5.83. The Morgan fingerprint density at radius 1 is 1.35 bits per heavy atom. The molecule has 1 aromatic rings. The Balaban J connectivity index is 3.24. The van der Waals surface area contributed by atoms with Gasteiger partial charge in [-0.05, 0) is 19.9 Å². The van der Waals surface area contributed by atoms with Crippen molar-refractivity contribution in [1.29, 1.82) is 0 Å². The SMILES string of the molecule is CCOC(=O)c1cccc([N+](=O)[O-])c1OCC. The smallest absolute Gasteiger partial charge is 0.342 e. The number of nitrogens with zero attached hydrogens (tertiary/aromatic N) is 1. The Labute approximate surface area is 98.3 Å². The molecule has 6 nitrogen and oxygen atoms in total. The summed E-state index contributed by atoms with van der Waals surface area (Å²) in [6, 6.07) is 4.15. The van der Waals surface area contributed by atoms with Gasteiger partial charge in [0.25, 0.3) is 0 Å². The summed E-state index contributed by atoms with van der Waals surface area (Å²) < 4.78 is 9.96. The number of esters is 1. The lowest BCUT2D eigenvalue weighted by molar-refractivity contribution is -0.385. The van der Waals surface area contributed by atoms with Gasteiger partial charge in [0.2, 0.25) is 5.75 Å². The van der Waals surface area contributed by atoms with Crippen molar-refractivity contribution in [2.75, 3.05) is 13.2 Å². The fourth-order valence-electron chi connectivity index (χ4n) is 1.33. The Hall–Kier alpha value is -2.11. The van der Waals surface area contributed by atoms with Crippen LogP contribution < -0.4 is 4.74 Å². The standard InChI is InChI=1S/C11H13NO5/c1-3-16-10-8(11(13)17-4-2)6-5-7-9(10)12(14)15/h5-7H,3-4H2,1-2H3. The van der Waals surface area contributed by atoms with Crippen LogP contribution >= 0.6 is 0 Å². The highest BCUT2D eigenvalue weighted by Gasteiger charge is 2.23. The monoisotopic (exact) mass is 239 g/mol. The molecule has 0 unspecified atom stereocenters. The molecule has 0 saturated heterocycles. The molecule has 0 aliphatic rings. The number of rotatable bonds is 5. The minimum Gasteiger partial charge on any atom is -0.487 e. The second-order valence-corrected chi connectivity index (χ2v) is 3.06. The second-order valence-electron chi connectivity index (χ2n) is 3.06.